The highest BCUT2D eigenvalue weighted by atomic mass is 16.4. The van der Waals surface area contributed by atoms with Gasteiger partial charge in [-0.3, -0.25) is 4.79 Å². The van der Waals surface area contributed by atoms with Gasteiger partial charge in [0.05, 0.1) is 5.56 Å². The summed E-state index contributed by atoms with van der Waals surface area (Å²) in [5.74, 6) is -1.26. The summed E-state index contributed by atoms with van der Waals surface area (Å²) in [4.78, 5) is 22.0. The van der Waals surface area contributed by atoms with E-state index in [1.165, 1.54) is 12.1 Å². The van der Waals surface area contributed by atoms with E-state index in [1.54, 1.807) is 19.9 Å². The number of carboxylic acids is 1. The van der Waals surface area contributed by atoms with Crippen LogP contribution in [0.5, 0.6) is 0 Å². The fourth-order valence-corrected chi connectivity index (χ4v) is 1.17. The van der Waals surface area contributed by atoms with Crippen LogP contribution in [0.25, 0.3) is 0 Å². The van der Waals surface area contributed by atoms with E-state index >= 15 is 0 Å². The first-order valence-corrected chi connectivity index (χ1v) is 4.72. The Hall–Kier alpha value is -2.10. The molecule has 0 aliphatic carbocycles. The maximum Gasteiger partial charge on any atom is 0.335 e. The number of hydrogen-bond donors (Lipinski definition) is 2. The van der Waals surface area contributed by atoms with Gasteiger partial charge in [-0.1, -0.05) is 6.58 Å². The van der Waals surface area contributed by atoms with E-state index in [2.05, 4.69) is 11.9 Å². The van der Waals surface area contributed by atoms with Gasteiger partial charge in [0, 0.05) is 11.3 Å². The molecule has 4 nitrogen and oxygen atoms in total. The van der Waals surface area contributed by atoms with Crippen LogP contribution in [0.1, 0.15) is 22.8 Å². The van der Waals surface area contributed by atoms with Crippen LogP contribution in [-0.4, -0.2) is 17.0 Å². The van der Waals surface area contributed by atoms with Gasteiger partial charge in [0.1, 0.15) is 0 Å². The summed E-state index contributed by atoms with van der Waals surface area (Å²) in [6.45, 7) is 6.86. The van der Waals surface area contributed by atoms with Crippen molar-refractivity contribution >= 4 is 17.6 Å². The molecule has 0 atom stereocenters. The summed E-state index contributed by atoms with van der Waals surface area (Å²) in [6, 6.07) is 4.53. The number of hydrogen-bond acceptors (Lipinski definition) is 2. The van der Waals surface area contributed by atoms with E-state index in [9.17, 15) is 9.59 Å². The number of benzene rings is 1. The lowest BCUT2D eigenvalue weighted by atomic mass is 10.1. The molecule has 16 heavy (non-hydrogen) atoms. The lowest BCUT2D eigenvalue weighted by Crippen LogP contribution is -2.13. The monoisotopic (exact) mass is 219 g/mol. The molecule has 0 unspecified atom stereocenters. The number of carbonyl (C=O) groups excluding carboxylic acids is 1. The van der Waals surface area contributed by atoms with Crippen LogP contribution in [0.3, 0.4) is 0 Å². The minimum atomic E-state index is -0.985. The van der Waals surface area contributed by atoms with Gasteiger partial charge in [0.15, 0.2) is 0 Å². The zero-order chi connectivity index (χ0) is 12.3. The Balaban J connectivity index is 2.96. The molecule has 1 aromatic rings. The second kappa shape index (κ2) is 4.61. The van der Waals surface area contributed by atoms with Crippen LogP contribution in [0.4, 0.5) is 5.69 Å². The van der Waals surface area contributed by atoms with Gasteiger partial charge in [-0.05, 0) is 37.6 Å². The highest BCUT2D eigenvalue weighted by Gasteiger charge is 2.08. The fourth-order valence-electron chi connectivity index (χ4n) is 1.17. The maximum atomic E-state index is 11.4. The van der Waals surface area contributed by atoms with E-state index in [4.69, 9.17) is 5.11 Å². The van der Waals surface area contributed by atoms with Crippen molar-refractivity contribution in [3.8, 4) is 0 Å². The van der Waals surface area contributed by atoms with Gasteiger partial charge in [-0.2, -0.15) is 0 Å². The first-order chi connectivity index (χ1) is 7.41. The van der Waals surface area contributed by atoms with Crippen LogP contribution in [0.2, 0.25) is 0 Å². The number of amides is 1. The molecular weight excluding hydrogens is 206 g/mol. The predicted octanol–water partition coefficient (Wildman–Crippen LogP) is 2.21. The summed E-state index contributed by atoms with van der Waals surface area (Å²) in [5, 5.41) is 11.4. The average Bonchev–Trinajstić information content (AvgIpc) is 2.20. The molecule has 4 heteroatoms. The van der Waals surface area contributed by atoms with Gasteiger partial charge >= 0.3 is 5.97 Å². The van der Waals surface area contributed by atoms with Crippen LogP contribution >= 0.6 is 0 Å². The topological polar surface area (TPSA) is 66.4 Å². The van der Waals surface area contributed by atoms with Crippen molar-refractivity contribution in [1.29, 1.82) is 0 Å². The second-order valence-electron chi connectivity index (χ2n) is 3.57. The molecular formula is C12H13NO3. The third-order valence-electron chi connectivity index (χ3n) is 2.11. The van der Waals surface area contributed by atoms with Crippen LogP contribution in [0.15, 0.2) is 30.4 Å². The zero-order valence-electron chi connectivity index (χ0n) is 9.20. The Bertz CT molecular complexity index is 463. The van der Waals surface area contributed by atoms with Gasteiger partial charge in [-0.15, -0.1) is 0 Å². The number of nitrogens with one attached hydrogen (secondary N) is 1. The first-order valence-electron chi connectivity index (χ1n) is 4.72. The van der Waals surface area contributed by atoms with Crippen molar-refractivity contribution in [3.05, 3.63) is 41.5 Å². The van der Waals surface area contributed by atoms with Gasteiger partial charge in [0.2, 0.25) is 0 Å². The third-order valence-corrected chi connectivity index (χ3v) is 2.11. The van der Waals surface area contributed by atoms with Crippen LogP contribution < -0.4 is 5.32 Å². The molecule has 84 valence electrons. The quantitative estimate of drug-likeness (QED) is 0.766. The normalized spacial score (nSPS) is 9.62. The highest BCUT2D eigenvalue weighted by Crippen LogP contribution is 2.17. The molecule has 0 radical (unpaired) electrons. The Labute approximate surface area is 93.6 Å². The number of carbonyl (C=O) groups is 2. The molecule has 1 rings (SSSR count). The van der Waals surface area contributed by atoms with Crippen molar-refractivity contribution in [2.45, 2.75) is 13.8 Å². The Morgan fingerprint density at radius 1 is 1.38 bits per heavy atom. The molecule has 0 bridgehead atoms. The number of carboxylic acid groups (broad SMARTS) is 1. The molecule has 0 aromatic heterocycles. The lowest BCUT2D eigenvalue weighted by molar-refractivity contribution is -0.112. The smallest absolute Gasteiger partial charge is 0.335 e. The first kappa shape index (κ1) is 12.0. The molecule has 0 saturated heterocycles. The van der Waals surface area contributed by atoms with Crippen LogP contribution in [0, 0.1) is 6.92 Å². The van der Waals surface area contributed by atoms with Crippen molar-refractivity contribution in [3.63, 3.8) is 0 Å². The van der Waals surface area contributed by atoms with Crippen LogP contribution in [-0.2, 0) is 4.79 Å². The maximum absolute atomic E-state index is 11.4. The standard InChI is InChI=1S/C12H13NO3/c1-7(2)11(14)13-10-5-4-9(12(15)16)6-8(10)3/h4-6H,1H2,2-3H3,(H,13,14)(H,15,16). The highest BCUT2D eigenvalue weighted by molar-refractivity contribution is 6.03. The molecule has 1 aromatic carbocycles. The fraction of sp³-hybridized carbons (Fsp3) is 0.167. The number of rotatable bonds is 3. The summed E-state index contributed by atoms with van der Waals surface area (Å²) >= 11 is 0. The average molecular weight is 219 g/mol. The summed E-state index contributed by atoms with van der Waals surface area (Å²) in [7, 11) is 0. The summed E-state index contributed by atoms with van der Waals surface area (Å²) < 4.78 is 0. The van der Waals surface area contributed by atoms with Crippen molar-refractivity contribution in [2.24, 2.45) is 0 Å². The lowest BCUT2D eigenvalue weighted by Gasteiger charge is -2.08. The molecule has 0 aliphatic heterocycles. The molecule has 1 amide bonds. The van der Waals surface area contributed by atoms with Crippen molar-refractivity contribution < 1.29 is 14.7 Å². The molecule has 2 N–H and O–H groups in total. The minimum absolute atomic E-state index is 0.200. The molecule has 0 heterocycles. The molecule has 0 aliphatic rings. The van der Waals surface area contributed by atoms with Crippen molar-refractivity contribution in [1.82, 2.24) is 0 Å². The second-order valence-corrected chi connectivity index (χ2v) is 3.57. The minimum Gasteiger partial charge on any atom is -0.478 e. The van der Waals surface area contributed by atoms with Crippen molar-refractivity contribution in [2.75, 3.05) is 5.32 Å². The summed E-state index contributed by atoms with van der Waals surface area (Å²) in [6.07, 6.45) is 0. The largest absolute Gasteiger partial charge is 0.478 e. The van der Waals surface area contributed by atoms with Gasteiger partial charge in [0.25, 0.3) is 5.91 Å². The number of aromatic carboxylic acids is 1. The van der Waals surface area contributed by atoms with E-state index in [-0.39, 0.29) is 11.5 Å². The summed E-state index contributed by atoms with van der Waals surface area (Å²) in [5.41, 5.74) is 1.90. The van der Waals surface area contributed by atoms with Gasteiger partial charge < -0.3 is 10.4 Å². The van der Waals surface area contributed by atoms with Gasteiger partial charge in [-0.25, -0.2) is 4.79 Å². The van der Waals surface area contributed by atoms with E-state index in [0.717, 1.165) is 0 Å². The predicted molar refractivity (Wildman–Crippen MR) is 61.6 cm³/mol. The Kier molecular flexibility index (Phi) is 3.45. The number of aryl methyl sites for hydroxylation is 1. The van der Waals surface area contributed by atoms with E-state index in [0.29, 0.717) is 16.8 Å². The van der Waals surface area contributed by atoms with E-state index < -0.39 is 5.97 Å². The van der Waals surface area contributed by atoms with E-state index in [1.807, 2.05) is 0 Å². The zero-order valence-corrected chi connectivity index (χ0v) is 9.20. The molecule has 0 fully saturated rings. The number of anilines is 1. The molecule has 0 saturated carbocycles. The molecule has 0 spiro atoms. The Morgan fingerprint density at radius 2 is 2.00 bits per heavy atom. The Morgan fingerprint density at radius 3 is 2.44 bits per heavy atom. The third kappa shape index (κ3) is 2.70. The SMILES string of the molecule is C=C(C)C(=O)Nc1ccc(C(=O)O)cc1C.